The standard InChI is InChI=1S/C18H19FN2O3/c19-14-9-5-4-8-13(14)11-16(18(23)24)21-17(22)15(20)10-12-6-2-1-3-7-12/h1-9,15-16H,10-11,20H2,(H,21,22)(H,23,24)/t15?,16-/m0/s1. The Kier molecular flexibility index (Phi) is 6.03. The van der Waals surface area contributed by atoms with Crippen LogP contribution in [0.1, 0.15) is 11.1 Å². The van der Waals surface area contributed by atoms with Gasteiger partial charge in [-0.15, -0.1) is 0 Å². The number of aliphatic carboxylic acids is 1. The predicted molar refractivity (Wildman–Crippen MR) is 87.8 cm³/mol. The number of carbonyl (C=O) groups excluding carboxylic acids is 1. The third-order valence-corrected chi connectivity index (χ3v) is 3.63. The van der Waals surface area contributed by atoms with E-state index in [2.05, 4.69) is 5.32 Å². The van der Waals surface area contributed by atoms with Crippen LogP contribution in [0.2, 0.25) is 0 Å². The van der Waals surface area contributed by atoms with Crippen molar-refractivity contribution in [3.05, 3.63) is 71.5 Å². The van der Waals surface area contributed by atoms with Crippen molar-refractivity contribution in [2.24, 2.45) is 5.73 Å². The van der Waals surface area contributed by atoms with Gasteiger partial charge in [0.25, 0.3) is 0 Å². The molecule has 0 heterocycles. The first-order valence-corrected chi connectivity index (χ1v) is 7.53. The average Bonchev–Trinajstić information content (AvgIpc) is 2.56. The highest BCUT2D eigenvalue weighted by molar-refractivity contribution is 5.87. The van der Waals surface area contributed by atoms with Crippen LogP contribution in [0.15, 0.2) is 54.6 Å². The average molecular weight is 330 g/mol. The van der Waals surface area contributed by atoms with Gasteiger partial charge in [0.1, 0.15) is 11.9 Å². The number of amides is 1. The van der Waals surface area contributed by atoms with Crippen LogP contribution in [0, 0.1) is 5.82 Å². The summed E-state index contributed by atoms with van der Waals surface area (Å²) in [6.45, 7) is 0. The van der Waals surface area contributed by atoms with Crippen molar-refractivity contribution in [2.75, 3.05) is 0 Å². The van der Waals surface area contributed by atoms with Gasteiger partial charge in [0.05, 0.1) is 6.04 Å². The maximum atomic E-state index is 13.7. The maximum Gasteiger partial charge on any atom is 0.326 e. The minimum absolute atomic E-state index is 0.147. The molecule has 0 radical (unpaired) electrons. The van der Waals surface area contributed by atoms with Crippen molar-refractivity contribution in [1.29, 1.82) is 0 Å². The third-order valence-electron chi connectivity index (χ3n) is 3.63. The fourth-order valence-corrected chi connectivity index (χ4v) is 2.32. The molecule has 0 aliphatic heterocycles. The van der Waals surface area contributed by atoms with Gasteiger partial charge in [-0.1, -0.05) is 48.5 Å². The van der Waals surface area contributed by atoms with Crippen molar-refractivity contribution in [2.45, 2.75) is 24.9 Å². The van der Waals surface area contributed by atoms with Crippen molar-refractivity contribution in [3.63, 3.8) is 0 Å². The zero-order chi connectivity index (χ0) is 17.5. The Morgan fingerprint density at radius 2 is 1.67 bits per heavy atom. The van der Waals surface area contributed by atoms with Gasteiger partial charge in [0.2, 0.25) is 5.91 Å². The third kappa shape index (κ3) is 4.89. The van der Waals surface area contributed by atoms with Gasteiger partial charge in [0, 0.05) is 6.42 Å². The summed E-state index contributed by atoms with van der Waals surface area (Å²) < 4.78 is 13.7. The molecule has 1 amide bonds. The molecule has 0 aliphatic rings. The van der Waals surface area contributed by atoms with E-state index in [1.54, 1.807) is 6.07 Å². The number of hydrogen-bond donors (Lipinski definition) is 3. The number of carbonyl (C=O) groups is 2. The van der Waals surface area contributed by atoms with E-state index in [0.717, 1.165) is 5.56 Å². The van der Waals surface area contributed by atoms with E-state index in [9.17, 15) is 19.1 Å². The minimum atomic E-state index is -1.24. The van der Waals surface area contributed by atoms with Crippen molar-refractivity contribution >= 4 is 11.9 Å². The van der Waals surface area contributed by atoms with Gasteiger partial charge in [-0.05, 0) is 23.6 Å². The zero-order valence-electron chi connectivity index (χ0n) is 13.0. The van der Waals surface area contributed by atoms with E-state index in [0.29, 0.717) is 6.42 Å². The fourth-order valence-electron chi connectivity index (χ4n) is 2.32. The first kappa shape index (κ1) is 17.6. The highest BCUT2D eigenvalue weighted by atomic mass is 19.1. The molecule has 2 rings (SSSR count). The summed E-state index contributed by atoms with van der Waals surface area (Å²) in [4.78, 5) is 23.5. The molecule has 0 spiro atoms. The molecule has 0 bridgehead atoms. The Labute approximate surface area is 139 Å². The molecular formula is C18H19FN2O3. The lowest BCUT2D eigenvalue weighted by atomic mass is 10.0. The Hall–Kier alpha value is -2.73. The van der Waals surface area contributed by atoms with E-state index in [-0.39, 0.29) is 12.0 Å². The van der Waals surface area contributed by atoms with Crippen molar-refractivity contribution < 1.29 is 19.1 Å². The first-order chi connectivity index (χ1) is 11.5. The van der Waals surface area contributed by atoms with Crippen LogP contribution in [0.25, 0.3) is 0 Å². The number of carboxylic acid groups (broad SMARTS) is 1. The molecule has 2 atom stereocenters. The van der Waals surface area contributed by atoms with Gasteiger partial charge in [-0.2, -0.15) is 0 Å². The summed E-state index contributed by atoms with van der Waals surface area (Å²) in [5.41, 5.74) is 6.94. The largest absolute Gasteiger partial charge is 0.480 e. The summed E-state index contributed by atoms with van der Waals surface area (Å²) in [6, 6.07) is 12.9. The SMILES string of the molecule is NC(Cc1ccccc1)C(=O)N[C@@H](Cc1ccccc1F)C(=O)O. The number of hydrogen-bond acceptors (Lipinski definition) is 3. The normalized spacial score (nSPS) is 13.1. The van der Waals surface area contributed by atoms with Gasteiger partial charge in [-0.3, -0.25) is 4.79 Å². The van der Waals surface area contributed by atoms with E-state index in [1.807, 2.05) is 30.3 Å². The molecular weight excluding hydrogens is 311 g/mol. The van der Waals surface area contributed by atoms with Crippen molar-refractivity contribution in [1.82, 2.24) is 5.32 Å². The van der Waals surface area contributed by atoms with Crippen LogP contribution in [0.4, 0.5) is 4.39 Å². The smallest absolute Gasteiger partial charge is 0.326 e. The Bertz CT molecular complexity index is 706. The van der Waals surface area contributed by atoms with Crippen LogP contribution >= 0.6 is 0 Å². The van der Waals surface area contributed by atoms with Crippen LogP contribution in [-0.4, -0.2) is 29.1 Å². The van der Waals surface area contributed by atoms with Gasteiger partial charge < -0.3 is 16.2 Å². The quantitative estimate of drug-likeness (QED) is 0.717. The number of carboxylic acids is 1. The number of halogens is 1. The summed E-state index contributed by atoms with van der Waals surface area (Å²) in [5, 5.41) is 11.6. The molecule has 0 aromatic heterocycles. The number of rotatable bonds is 7. The molecule has 2 aromatic rings. The molecule has 6 heteroatoms. The highest BCUT2D eigenvalue weighted by Crippen LogP contribution is 2.10. The molecule has 0 aliphatic carbocycles. The minimum Gasteiger partial charge on any atom is -0.480 e. The summed E-state index contributed by atoms with van der Waals surface area (Å²) >= 11 is 0. The molecule has 2 aromatic carbocycles. The van der Waals surface area contributed by atoms with Gasteiger partial charge in [-0.25, -0.2) is 9.18 Å². The predicted octanol–water partition coefficient (Wildman–Crippen LogP) is 1.51. The Morgan fingerprint density at radius 1 is 1.04 bits per heavy atom. The molecule has 126 valence electrons. The molecule has 4 N–H and O–H groups in total. The summed E-state index contributed by atoms with van der Waals surface area (Å²) in [6.07, 6.45) is 0.143. The number of benzene rings is 2. The maximum absolute atomic E-state index is 13.7. The molecule has 24 heavy (non-hydrogen) atoms. The van der Waals surface area contributed by atoms with Crippen LogP contribution in [0.5, 0.6) is 0 Å². The highest BCUT2D eigenvalue weighted by Gasteiger charge is 2.24. The summed E-state index contributed by atoms with van der Waals surface area (Å²) in [5.74, 6) is -2.33. The molecule has 0 fully saturated rings. The lowest BCUT2D eigenvalue weighted by molar-refractivity contribution is -0.142. The Morgan fingerprint density at radius 3 is 2.29 bits per heavy atom. The van der Waals surface area contributed by atoms with E-state index in [4.69, 9.17) is 5.73 Å². The molecule has 0 saturated heterocycles. The van der Waals surface area contributed by atoms with E-state index in [1.165, 1.54) is 18.2 Å². The van der Waals surface area contributed by atoms with E-state index >= 15 is 0 Å². The lowest BCUT2D eigenvalue weighted by Gasteiger charge is -2.18. The van der Waals surface area contributed by atoms with Crippen LogP contribution in [0.3, 0.4) is 0 Å². The first-order valence-electron chi connectivity index (χ1n) is 7.53. The number of nitrogens with one attached hydrogen (secondary N) is 1. The summed E-state index contributed by atoms with van der Waals surface area (Å²) in [7, 11) is 0. The number of nitrogens with two attached hydrogens (primary N) is 1. The molecule has 5 nitrogen and oxygen atoms in total. The Balaban J connectivity index is 2.00. The van der Waals surface area contributed by atoms with Crippen LogP contribution < -0.4 is 11.1 Å². The molecule has 1 unspecified atom stereocenters. The monoisotopic (exact) mass is 330 g/mol. The topological polar surface area (TPSA) is 92.4 Å². The van der Waals surface area contributed by atoms with E-state index < -0.39 is 29.8 Å². The lowest BCUT2D eigenvalue weighted by Crippen LogP contribution is -2.50. The second-order valence-corrected chi connectivity index (χ2v) is 5.49. The zero-order valence-corrected chi connectivity index (χ0v) is 13.0. The second-order valence-electron chi connectivity index (χ2n) is 5.49. The van der Waals surface area contributed by atoms with Crippen molar-refractivity contribution in [3.8, 4) is 0 Å². The van der Waals surface area contributed by atoms with Gasteiger partial charge >= 0.3 is 5.97 Å². The molecule has 0 saturated carbocycles. The second kappa shape index (κ2) is 8.21. The fraction of sp³-hybridized carbons (Fsp3) is 0.222. The van der Waals surface area contributed by atoms with Crippen LogP contribution in [-0.2, 0) is 22.4 Å². The van der Waals surface area contributed by atoms with Gasteiger partial charge in [0.15, 0.2) is 0 Å².